The van der Waals surface area contributed by atoms with Crippen LogP contribution in [0.1, 0.15) is 0 Å². The molecule has 1 N–H and O–H groups in total. The molecule has 0 aliphatic carbocycles. The highest BCUT2D eigenvalue weighted by atomic mass is 32.2. The Bertz CT molecular complexity index is 1070. The molecule has 1 heterocycles. The van der Waals surface area contributed by atoms with Gasteiger partial charge in [-0.15, -0.1) is 0 Å². The third kappa shape index (κ3) is 2.59. The molecule has 6 nitrogen and oxygen atoms in total. The maximum absolute atomic E-state index is 13.7. The fourth-order valence-electron chi connectivity index (χ4n) is 2.09. The Kier molecular flexibility index (Phi) is 3.44. The number of hydrogen-bond donors (Lipinski definition) is 1. The first kappa shape index (κ1) is 15.2. The lowest BCUT2D eigenvalue weighted by Gasteiger charge is -2.09. The summed E-state index contributed by atoms with van der Waals surface area (Å²) in [6.07, 6.45) is 0. The Morgan fingerprint density at radius 2 is 1.91 bits per heavy atom. The number of aromatic nitrogens is 1. The highest BCUT2D eigenvalue weighted by molar-refractivity contribution is 7.92. The van der Waals surface area contributed by atoms with Crippen molar-refractivity contribution in [2.45, 2.75) is 4.90 Å². The fourth-order valence-corrected chi connectivity index (χ4v) is 3.23. The molecule has 9 heteroatoms. The van der Waals surface area contributed by atoms with Gasteiger partial charge in [0, 0.05) is 7.05 Å². The predicted octanol–water partition coefficient (Wildman–Crippen LogP) is 2.21. The Morgan fingerprint density at radius 3 is 2.65 bits per heavy atom. The number of nitrogens with zero attached hydrogens (tertiary/aromatic N) is 1. The van der Waals surface area contributed by atoms with E-state index in [-0.39, 0.29) is 11.3 Å². The topological polar surface area (TPSA) is 81.3 Å². The van der Waals surface area contributed by atoms with Gasteiger partial charge in [0.15, 0.2) is 17.2 Å². The van der Waals surface area contributed by atoms with E-state index in [4.69, 9.17) is 4.42 Å². The summed E-state index contributed by atoms with van der Waals surface area (Å²) in [5.74, 6) is -3.33. The lowest BCUT2D eigenvalue weighted by Crippen LogP contribution is -2.15. The number of anilines is 1. The molecule has 0 bridgehead atoms. The van der Waals surface area contributed by atoms with Gasteiger partial charge >= 0.3 is 5.76 Å². The molecular formula is C14H10F2N2O4S. The van der Waals surface area contributed by atoms with E-state index in [0.29, 0.717) is 5.52 Å². The average Bonchev–Trinajstić information content (AvgIpc) is 2.77. The van der Waals surface area contributed by atoms with Gasteiger partial charge in [-0.2, -0.15) is 0 Å². The minimum absolute atomic E-state index is 0.0811. The lowest BCUT2D eigenvalue weighted by atomic mass is 10.3. The maximum Gasteiger partial charge on any atom is 0.419 e. The molecule has 3 aromatic rings. The van der Waals surface area contributed by atoms with Gasteiger partial charge < -0.3 is 4.42 Å². The lowest BCUT2D eigenvalue weighted by molar-refractivity contribution is 0.485. The van der Waals surface area contributed by atoms with Crippen LogP contribution in [0.15, 0.2) is 50.5 Å². The molecule has 0 fully saturated rings. The summed E-state index contributed by atoms with van der Waals surface area (Å²) in [6, 6.07) is 6.97. The van der Waals surface area contributed by atoms with Crippen LogP contribution in [0.2, 0.25) is 0 Å². The molecule has 23 heavy (non-hydrogen) atoms. The van der Waals surface area contributed by atoms with E-state index in [9.17, 15) is 22.0 Å². The van der Waals surface area contributed by atoms with E-state index in [1.807, 2.05) is 0 Å². The zero-order chi connectivity index (χ0) is 16.8. The van der Waals surface area contributed by atoms with Gasteiger partial charge in [-0.25, -0.2) is 22.0 Å². The van der Waals surface area contributed by atoms with Crippen molar-refractivity contribution < 1.29 is 21.6 Å². The third-order valence-electron chi connectivity index (χ3n) is 3.25. The van der Waals surface area contributed by atoms with Crippen LogP contribution in [0.5, 0.6) is 0 Å². The molecule has 0 saturated carbocycles. The summed E-state index contributed by atoms with van der Waals surface area (Å²) in [7, 11) is -2.87. The number of hydrogen-bond acceptors (Lipinski definition) is 4. The molecule has 1 aromatic heterocycles. The monoisotopic (exact) mass is 340 g/mol. The summed E-state index contributed by atoms with van der Waals surface area (Å²) in [5, 5.41) is 0. The van der Waals surface area contributed by atoms with Gasteiger partial charge in [0.25, 0.3) is 10.0 Å². The molecule has 0 atom stereocenters. The second kappa shape index (κ2) is 5.20. The van der Waals surface area contributed by atoms with Crippen LogP contribution in [0, 0.1) is 11.6 Å². The summed E-state index contributed by atoms with van der Waals surface area (Å²) < 4.78 is 59.5. The van der Waals surface area contributed by atoms with Crippen molar-refractivity contribution in [3.8, 4) is 0 Å². The van der Waals surface area contributed by atoms with E-state index < -0.39 is 32.3 Å². The van der Waals surface area contributed by atoms with Crippen molar-refractivity contribution in [3.63, 3.8) is 0 Å². The van der Waals surface area contributed by atoms with Gasteiger partial charge in [-0.3, -0.25) is 9.29 Å². The molecule has 3 rings (SSSR count). The summed E-state index contributed by atoms with van der Waals surface area (Å²) >= 11 is 0. The first-order valence-electron chi connectivity index (χ1n) is 6.36. The SMILES string of the molecule is Cn1c(=O)oc2ccc(NS(=O)(=O)c3cccc(F)c3F)cc21. The standard InChI is InChI=1S/C14H10F2N2O4S/c1-18-10-7-8(5-6-11(10)22-14(18)19)17-23(20,21)12-4-2-3-9(15)13(12)16/h2-7,17H,1H3. The van der Waals surface area contributed by atoms with Crippen LogP contribution < -0.4 is 10.5 Å². The molecule has 0 spiro atoms. The number of fused-ring (bicyclic) bond motifs is 1. The van der Waals surface area contributed by atoms with Gasteiger partial charge in [-0.05, 0) is 30.3 Å². The Morgan fingerprint density at radius 1 is 1.17 bits per heavy atom. The summed E-state index contributed by atoms with van der Waals surface area (Å²) in [4.78, 5) is 10.6. The van der Waals surface area contributed by atoms with E-state index in [0.717, 1.165) is 18.2 Å². The Labute approximate surface area is 129 Å². The number of nitrogens with one attached hydrogen (secondary N) is 1. The third-order valence-corrected chi connectivity index (χ3v) is 4.65. The molecule has 0 amide bonds. The smallest absolute Gasteiger partial charge is 0.408 e. The molecule has 0 aliphatic rings. The van der Waals surface area contributed by atoms with E-state index in [1.165, 1.54) is 29.8 Å². The zero-order valence-corrected chi connectivity index (χ0v) is 12.5. The Balaban J connectivity index is 2.05. The molecule has 0 aliphatic heterocycles. The number of benzene rings is 2. The number of sulfonamides is 1. The average molecular weight is 340 g/mol. The van der Waals surface area contributed by atoms with Crippen molar-refractivity contribution in [2.24, 2.45) is 7.05 Å². The van der Waals surface area contributed by atoms with Crippen LogP contribution in [-0.4, -0.2) is 13.0 Å². The normalized spacial score (nSPS) is 11.8. The predicted molar refractivity (Wildman–Crippen MR) is 78.6 cm³/mol. The highest BCUT2D eigenvalue weighted by Gasteiger charge is 2.22. The molecule has 0 radical (unpaired) electrons. The maximum atomic E-state index is 13.7. The second-order valence-electron chi connectivity index (χ2n) is 4.77. The van der Waals surface area contributed by atoms with Crippen LogP contribution >= 0.6 is 0 Å². The molecular weight excluding hydrogens is 330 g/mol. The van der Waals surface area contributed by atoms with Gasteiger partial charge in [0.05, 0.1) is 11.2 Å². The Hall–Kier alpha value is -2.68. The largest absolute Gasteiger partial charge is 0.419 e. The first-order valence-corrected chi connectivity index (χ1v) is 7.84. The van der Waals surface area contributed by atoms with Crippen molar-refractivity contribution in [2.75, 3.05) is 4.72 Å². The van der Waals surface area contributed by atoms with Crippen LogP contribution in [-0.2, 0) is 17.1 Å². The van der Waals surface area contributed by atoms with E-state index >= 15 is 0 Å². The van der Waals surface area contributed by atoms with Gasteiger partial charge in [0.1, 0.15) is 4.90 Å². The molecule has 0 saturated heterocycles. The summed E-state index contributed by atoms with van der Waals surface area (Å²) in [6.45, 7) is 0. The van der Waals surface area contributed by atoms with Crippen molar-refractivity contribution in [1.29, 1.82) is 0 Å². The van der Waals surface area contributed by atoms with Crippen LogP contribution in [0.4, 0.5) is 14.5 Å². The van der Waals surface area contributed by atoms with E-state index in [2.05, 4.69) is 4.72 Å². The minimum atomic E-state index is -4.32. The number of aryl methyl sites for hydroxylation is 1. The van der Waals surface area contributed by atoms with Crippen LogP contribution in [0.25, 0.3) is 11.1 Å². The quantitative estimate of drug-likeness (QED) is 0.793. The van der Waals surface area contributed by atoms with Crippen molar-refractivity contribution in [1.82, 2.24) is 4.57 Å². The highest BCUT2D eigenvalue weighted by Crippen LogP contribution is 2.23. The first-order chi connectivity index (χ1) is 10.8. The molecule has 2 aromatic carbocycles. The number of halogens is 2. The molecule has 120 valence electrons. The zero-order valence-electron chi connectivity index (χ0n) is 11.7. The van der Waals surface area contributed by atoms with Crippen molar-refractivity contribution in [3.05, 3.63) is 58.6 Å². The number of rotatable bonds is 3. The molecule has 0 unspecified atom stereocenters. The van der Waals surface area contributed by atoms with E-state index in [1.54, 1.807) is 0 Å². The van der Waals surface area contributed by atoms with Crippen molar-refractivity contribution >= 4 is 26.8 Å². The second-order valence-corrected chi connectivity index (χ2v) is 6.42. The summed E-state index contributed by atoms with van der Waals surface area (Å²) in [5.41, 5.74) is 0.713. The minimum Gasteiger partial charge on any atom is -0.408 e. The number of oxazole rings is 1. The van der Waals surface area contributed by atoms with Gasteiger partial charge in [0.2, 0.25) is 0 Å². The fraction of sp³-hybridized carbons (Fsp3) is 0.0714. The van der Waals surface area contributed by atoms with Gasteiger partial charge in [-0.1, -0.05) is 6.07 Å². The van der Waals surface area contributed by atoms with Crippen LogP contribution in [0.3, 0.4) is 0 Å².